The zero-order chi connectivity index (χ0) is 21.6. The maximum Gasteiger partial charge on any atom is 0.182 e. The van der Waals surface area contributed by atoms with Gasteiger partial charge in [0.1, 0.15) is 0 Å². The van der Waals surface area contributed by atoms with Gasteiger partial charge in [-0.15, -0.1) is 0 Å². The molecule has 1 aromatic heterocycles. The number of likely N-dealkylation sites (tertiary alicyclic amines) is 1. The number of halogens is 2. The highest BCUT2D eigenvalue weighted by molar-refractivity contribution is 5.68. The average Bonchev–Trinajstić information content (AvgIpc) is 3.29. The van der Waals surface area contributed by atoms with Crippen LogP contribution in [0.1, 0.15) is 45.7 Å². The summed E-state index contributed by atoms with van der Waals surface area (Å²) in [6.07, 6.45) is 4.99. The highest BCUT2D eigenvalue weighted by Crippen LogP contribution is 2.40. The molecule has 0 spiro atoms. The molecule has 0 bridgehead atoms. The minimum Gasteiger partial charge on any atom is -0.380 e. The molecule has 1 aromatic carbocycles. The second kappa shape index (κ2) is 7.95. The van der Waals surface area contributed by atoms with Gasteiger partial charge in [-0.1, -0.05) is 20.8 Å². The Balaban J connectivity index is 1.39. The van der Waals surface area contributed by atoms with Gasteiger partial charge in [0.15, 0.2) is 11.6 Å². The summed E-state index contributed by atoms with van der Waals surface area (Å²) in [7, 11) is 1.78. The molecule has 1 unspecified atom stereocenters. The van der Waals surface area contributed by atoms with Crippen LogP contribution in [0.4, 0.5) is 14.5 Å². The molecule has 1 aliphatic heterocycles. The highest BCUT2D eigenvalue weighted by Gasteiger charge is 2.41. The fraction of sp³-hybridized carbons (Fsp3) is 0.625. The number of anilines is 1. The topological polar surface area (TPSA) is 33.1 Å². The van der Waals surface area contributed by atoms with Crippen LogP contribution < -0.4 is 5.32 Å². The maximum atomic E-state index is 14.8. The van der Waals surface area contributed by atoms with Gasteiger partial charge in [0.2, 0.25) is 0 Å². The SMILES string of the molecule is Cc1nn(C)cc1-c1ccc(N[C@H]2CC3CN(CCC(C)(C)C)C[C@H]3C2)c(F)c1F. The largest absolute Gasteiger partial charge is 0.380 e. The van der Waals surface area contributed by atoms with E-state index in [9.17, 15) is 8.78 Å². The predicted molar refractivity (Wildman–Crippen MR) is 117 cm³/mol. The van der Waals surface area contributed by atoms with E-state index in [4.69, 9.17) is 0 Å². The fourth-order valence-electron chi connectivity index (χ4n) is 5.14. The first-order chi connectivity index (χ1) is 14.1. The molecule has 2 fully saturated rings. The molecule has 2 aliphatic rings. The third-order valence-corrected chi connectivity index (χ3v) is 6.75. The quantitative estimate of drug-likeness (QED) is 0.724. The van der Waals surface area contributed by atoms with Gasteiger partial charge < -0.3 is 10.2 Å². The molecule has 6 heteroatoms. The van der Waals surface area contributed by atoms with Crippen LogP contribution in [0, 0.1) is 35.8 Å². The van der Waals surface area contributed by atoms with Crippen LogP contribution in [-0.2, 0) is 7.05 Å². The summed E-state index contributed by atoms with van der Waals surface area (Å²) >= 11 is 0. The number of rotatable bonds is 5. The van der Waals surface area contributed by atoms with E-state index in [1.165, 1.54) is 6.42 Å². The lowest BCUT2D eigenvalue weighted by Crippen LogP contribution is -2.28. The molecule has 30 heavy (non-hydrogen) atoms. The van der Waals surface area contributed by atoms with Crippen molar-refractivity contribution in [2.75, 3.05) is 25.0 Å². The first kappa shape index (κ1) is 21.3. The molecular weight excluding hydrogens is 382 g/mol. The van der Waals surface area contributed by atoms with Crippen molar-refractivity contribution in [3.8, 4) is 11.1 Å². The van der Waals surface area contributed by atoms with Crippen LogP contribution in [0.3, 0.4) is 0 Å². The molecule has 2 heterocycles. The summed E-state index contributed by atoms with van der Waals surface area (Å²) in [5, 5.41) is 7.53. The summed E-state index contributed by atoms with van der Waals surface area (Å²) in [6, 6.07) is 3.54. The minimum atomic E-state index is -0.803. The van der Waals surface area contributed by atoms with E-state index >= 15 is 0 Å². The summed E-state index contributed by atoms with van der Waals surface area (Å²) in [5.41, 5.74) is 2.22. The van der Waals surface area contributed by atoms with Crippen LogP contribution in [0.2, 0.25) is 0 Å². The summed E-state index contributed by atoms with van der Waals surface area (Å²) in [5.74, 6) is -0.275. The number of benzene rings is 1. The Bertz CT molecular complexity index is 901. The van der Waals surface area contributed by atoms with Gasteiger partial charge in [-0.25, -0.2) is 8.78 Å². The first-order valence-corrected chi connectivity index (χ1v) is 11.1. The van der Waals surface area contributed by atoms with Crippen molar-refractivity contribution in [1.29, 1.82) is 0 Å². The Morgan fingerprint density at radius 3 is 2.30 bits per heavy atom. The van der Waals surface area contributed by atoms with E-state index in [2.05, 4.69) is 36.1 Å². The Kier molecular flexibility index (Phi) is 5.64. The lowest BCUT2D eigenvalue weighted by atomic mass is 9.92. The maximum absolute atomic E-state index is 14.8. The molecule has 1 N–H and O–H groups in total. The Hall–Kier alpha value is -1.95. The fourth-order valence-corrected chi connectivity index (χ4v) is 5.14. The normalized spacial score (nSPS) is 24.4. The second-order valence-electron chi connectivity index (χ2n) is 10.5. The van der Waals surface area contributed by atoms with Crippen molar-refractivity contribution in [2.24, 2.45) is 24.3 Å². The number of hydrogen-bond donors (Lipinski definition) is 1. The van der Waals surface area contributed by atoms with Gasteiger partial charge in [0.05, 0.1) is 11.4 Å². The molecule has 3 atom stereocenters. The second-order valence-corrected chi connectivity index (χ2v) is 10.5. The van der Waals surface area contributed by atoms with Crippen molar-refractivity contribution in [3.05, 3.63) is 35.7 Å². The van der Waals surface area contributed by atoms with Crippen LogP contribution in [0.5, 0.6) is 0 Å². The van der Waals surface area contributed by atoms with E-state index in [1.54, 1.807) is 37.0 Å². The molecule has 0 radical (unpaired) electrons. The Labute approximate surface area is 178 Å². The van der Waals surface area contributed by atoms with Crippen molar-refractivity contribution in [1.82, 2.24) is 14.7 Å². The summed E-state index contributed by atoms with van der Waals surface area (Å²) in [4.78, 5) is 2.59. The van der Waals surface area contributed by atoms with Crippen molar-refractivity contribution < 1.29 is 8.78 Å². The van der Waals surface area contributed by atoms with Crippen molar-refractivity contribution in [3.63, 3.8) is 0 Å². The number of fused-ring (bicyclic) bond motifs is 1. The molecule has 164 valence electrons. The van der Waals surface area contributed by atoms with Crippen molar-refractivity contribution >= 4 is 5.69 Å². The molecule has 4 nitrogen and oxygen atoms in total. The number of nitrogens with one attached hydrogen (secondary N) is 1. The average molecular weight is 417 g/mol. The standard InChI is InChI=1S/C24H34F2N4/c1-15-20(14-29(5)28-15)19-6-7-21(23(26)22(19)25)27-18-10-16-12-30(13-17(16)11-18)9-8-24(2,3)4/h6-7,14,16-18,27H,8-13H2,1-5H3/t16-,17?,18-/m1/s1. The Morgan fingerprint density at radius 2 is 1.73 bits per heavy atom. The van der Waals surface area contributed by atoms with E-state index in [1.807, 2.05) is 0 Å². The molecule has 4 rings (SSSR count). The molecule has 0 amide bonds. The van der Waals surface area contributed by atoms with Crippen LogP contribution in [0.25, 0.3) is 11.1 Å². The molecule has 1 saturated heterocycles. The molecular formula is C24H34F2N4. The van der Waals surface area contributed by atoms with Gasteiger partial charge in [0.25, 0.3) is 0 Å². The third kappa shape index (κ3) is 4.39. The zero-order valence-corrected chi connectivity index (χ0v) is 18.8. The van der Waals surface area contributed by atoms with E-state index in [0.29, 0.717) is 28.5 Å². The predicted octanol–water partition coefficient (Wildman–Crippen LogP) is 5.23. The number of aryl methyl sites for hydroxylation is 2. The van der Waals surface area contributed by atoms with Gasteiger partial charge in [-0.3, -0.25) is 4.68 Å². The number of nitrogens with zero attached hydrogens (tertiary/aromatic N) is 3. The molecule has 2 aromatic rings. The summed E-state index contributed by atoms with van der Waals surface area (Å²) < 4.78 is 31.3. The van der Waals surface area contributed by atoms with E-state index in [0.717, 1.165) is 32.5 Å². The smallest absolute Gasteiger partial charge is 0.182 e. The molecule has 1 aliphatic carbocycles. The molecule has 1 saturated carbocycles. The Morgan fingerprint density at radius 1 is 1.07 bits per heavy atom. The van der Waals surface area contributed by atoms with Gasteiger partial charge in [0, 0.05) is 43.5 Å². The zero-order valence-electron chi connectivity index (χ0n) is 18.8. The lowest BCUT2D eigenvalue weighted by molar-refractivity contribution is 0.250. The highest BCUT2D eigenvalue weighted by atomic mass is 19.2. The van der Waals surface area contributed by atoms with Gasteiger partial charge in [-0.05, 0) is 62.1 Å². The lowest BCUT2D eigenvalue weighted by Gasteiger charge is -2.24. The van der Waals surface area contributed by atoms with Crippen LogP contribution >= 0.6 is 0 Å². The van der Waals surface area contributed by atoms with Gasteiger partial charge in [-0.2, -0.15) is 5.10 Å². The number of aromatic nitrogens is 2. The van der Waals surface area contributed by atoms with Gasteiger partial charge >= 0.3 is 0 Å². The minimum absolute atomic E-state index is 0.213. The summed E-state index contributed by atoms with van der Waals surface area (Å²) in [6.45, 7) is 12.1. The monoisotopic (exact) mass is 416 g/mol. The van der Waals surface area contributed by atoms with Crippen LogP contribution in [-0.4, -0.2) is 40.4 Å². The van der Waals surface area contributed by atoms with Crippen LogP contribution in [0.15, 0.2) is 18.3 Å². The van der Waals surface area contributed by atoms with Crippen molar-refractivity contribution in [2.45, 2.75) is 53.0 Å². The van der Waals surface area contributed by atoms with E-state index < -0.39 is 11.6 Å². The number of hydrogen-bond acceptors (Lipinski definition) is 3. The third-order valence-electron chi connectivity index (χ3n) is 6.75. The van der Waals surface area contributed by atoms with E-state index in [-0.39, 0.29) is 17.3 Å². The first-order valence-electron chi connectivity index (χ1n) is 11.1.